The molecule has 2 bridgehead atoms. The molecule has 1 aliphatic heterocycles. The van der Waals surface area contributed by atoms with Gasteiger partial charge in [-0.15, -0.1) is 0 Å². The van der Waals surface area contributed by atoms with Crippen LogP contribution in [-0.2, 0) is 79.0 Å². The van der Waals surface area contributed by atoms with Gasteiger partial charge in [-0.2, -0.15) is 0 Å². The second-order valence-electron chi connectivity index (χ2n) is 23.3. The number of ether oxygens (including phenoxy) is 5. The lowest BCUT2D eigenvalue weighted by Crippen LogP contribution is -2.41. The van der Waals surface area contributed by atoms with Crippen molar-refractivity contribution >= 4 is 63.6 Å². The van der Waals surface area contributed by atoms with Gasteiger partial charge in [0.05, 0.1) is 39.6 Å². The molecule has 5 fully saturated rings. The third kappa shape index (κ3) is 21.7. The lowest BCUT2D eigenvalue weighted by molar-refractivity contribution is -0.314. The highest BCUT2D eigenvalue weighted by molar-refractivity contribution is 7.97. The van der Waals surface area contributed by atoms with Gasteiger partial charge in [0.1, 0.15) is 31.0 Å². The maximum atomic E-state index is 11.8. The van der Waals surface area contributed by atoms with Gasteiger partial charge in [-0.25, -0.2) is 14.4 Å². The van der Waals surface area contributed by atoms with Crippen LogP contribution < -0.4 is 10.2 Å². The summed E-state index contributed by atoms with van der Waals surface area (Å²) in [6.45, 7) is 21.7. The molecule has 6 aromatic rings. The normalized spacial score (nSPS) is 19.8. The Labute approximate surface area is 547 Å². The molecular weight excluding hydrogens is 1200 g/mol. The van der Waals surface area contributed by atoms with Gasteiger partial charge < -0.3 is 43.5 Å². The molecular formula is C76H84O14S2. The molecule has 0 radical (unpaired) electrons. The predicted octanol–water partition coefficient (Wildman–Crippen LogP) is 12.6. The molecule has 0 N–H and O–H groups in total. The van der Waals surface area contributed by atoms with Crippen LogP contribution in [-0.4, -0.2) is 72.8 Å². The molecule has 14 nitrogen and oxygen atoms in total. The van der Waals surface area contributed by atoms with E-state index in [4.69, 9.17) is 23.7 Å². The first-order valence-electron chi connectivity index (χ1n) is 30.9. The third-order valence-electron chi connectivity index (χ3n) is 15.9. The minimum absolute atomic E-state index is 0.0146. The molecule has 0 aromatic heterocycles. The van der Waals surface area contributed by atoms with Gasteiger partial charge in [0, 0.05) is 40.4 Å². The Morgan fingerprint density at radius 3 is 1.21 bits per heavy atom. The summed E-state index contributed by atoms with van der Waals surface area (Å²) in [7, 11) is -0.0293. The van der Waals surface area contributed by atoms with Gasteiger partial charge in [0.2, 0.25) is 0 Å². The average Bonchev–Trinajstić information content (AvgIpc) is 1.58. The topological polar surface area (TPSA) is 212 Å². The maximum absolute atomic E-state index is 11.8. The summed E-state index contributed by atoms with van der Waals surface area (Å²) in [5.74, 6) is -5.04. The average molecular weight is 1290 g/mol. The number of fused-ring (bicyclic) bond motifs is 1. The van der Waals surface area contributed by atoms with Crippen molar-refractivity contribution in [3.05, 3.63) is 231 Å². The van der Waals surface area contributed by atoms with Gasteiger partial charge >= 0.3 is 29.8 Å². The Hall–Kier alpha value is -8.73. The minimum atomic E-state index is -1.21. The first kappa shape index (κ1) is 72.3. The fourth-order valence-electron chi connectivity index (χ4n) is 11.2. The Bertz CT molecular complexity index is 3110. The summed E-state index contributed by atoms with van der Waals surface area (Å²) in [4.78, 5) is 85.7. The zero-order chi connectivity index (χ0) is 66.7. The number of hydrogen-bond donors (Lipinski definition) is 0. The van der Waals surface area contributed by atoms with Gasteiger partial charge in [0.25, 0.3) is 0 Å². The molecule has 7 unspecified atom stereocenters. The first-order chi connectivity index (χ1) is 44.1. The molecule has 484 valence electrons. The van der Waals surface area contributed by atoms with Crippen LogP contribution in [0.5, 0.6) is 0 Å². The van der Waals surface area contributed by atoms with Gasteiger partial charge in [-0.1, -0.05) is 148 Å². The molecule has 1 saturated heterocycles. The highest BCUT2D eigenvalue weighted by atomic mass is 32.2. The number of rotatable bonds is 17. The van der Waals surface area contributed by atoms with Crippen LogP contribution >= 0.6 is 0 Å². The first-order valence-corrected chi connectivity index (χ1v) is 33.4. The van der Waals surface area contributed by atoms with Gasteiger partial charge in [-0.05, 0) is 164 Å². The highest BCUT2D eigenvalue weighted by Crippen LogP contribution is 2.55. The SMILES string of the molecule is C=C(C)C(=O)OC1(C)CCCC1.C=C(C)C(=O)OC1C2CC3C(=O)OC1C3C2.C=C(C)C(=O)OCCOC(=O)C1CCCCC1C(=O)[O-].C=C(C)C(=O)[O-].c1ccc([S+](c2ccccc2)c2ccccc2)cc1.c1ccc([S+](c2ccccc2)c2ccccc2)cc1. The second-order valence-corrected chi connectivity index (χ2v) is 27.4. The fraction of sp³-hybridized carbons (Fsp3) is 0.329. The molecule has 7 atom stereocenters. The van der Waals surface area contributed by atoms with Crippen molar-refractivity contribution in [3.63, 3.8) is 0 Å². The van der Waals surface area contributed by atoms with Crippen molar-refractivity contribution in [2.45, 2.75) is 146 Å². The van der Waals surface area contributed by atoms with Crippen molar-refractivity contribution < 1.29 is 67.5 Å². The Kier molecular flexibility index (Phi) is 28.6. The van der Waals surface area contributed by atoms with E-state index in [-0.39, 0.29) is 93.7 Å². The maximum Gasteiger partial charge on any atom is 0.333 e. The number of carboxylic acids is 2. The van der Waals surface area contributed by atoms with Crippen molar-refractivity contribution in [3.8, 4) is 0 Å². The Morgan fingerprint density at radius 1 is 0.500 bits per heavy atom. The number of benzene rings is 6. The third-order valence-corrected chi connectivity index (χ3v) is 20.3. The van der Waals surface area contributed by atoms with Crippen molar-refractivity contribution in [2.75, 3.05) is 13.2 Å². The molecule has 11 rings (SSSR count). The second kappa shape index (κ2) is 36.3. The van der Waals surface area contributed by atoms with Crippen LogP contribution in [0.25, 0.3) is 0 Å². The van der Waals surface area contributed by atoms with E-state index >= 15 is 0 Å². The molecule has 92 heavy (non-hydrogen) atoms. The van der Waals surface area contributed by atoms with E-state index in [1.54, 1.807) is 13.8 Å². The molecule has 0 spiro atoms. The van der Waals surface area contributed by atoms with E-state index in [0.29, 0.717) is 29.9 Å². The number of carboxylic acid groups (broad SMARTS) is 2. The molecule has 1 heterocycles. The standard InChI is InChI=1S/2C18H15S.C14H20O6.C12H14O4.C10H16O2.C4H6O2/c2*1-4-10-16(11-5-1)19(17-12-6-2-7-13-17)18-14-8-3-9-15-18;1-9(2)13(17)19-7-8-20-14(18)11-6-4-3-5-10(11)12(15)16;1-5(2)11(13)15-9-6-3-7-8(4-6)12(14)16-10(7)9;1-8(2)9(11)12-10(3)6-4-5-7-10;1-3(2)4(5)6/h2*1-15H;10-11H,1,3-8H2,2H3,(H,15,16);6-10H,1,3-4H2,2H3;1,4-7H2,2-3H3;1H2,2H3,(H,5,6)/q2*+1;;;;/p-2. The van der Waals surface area contributed by atoms with Crippen molar-refractivity contribution in [1.29, 1.82) is 0 Å². The largest absolute Gasteiger partial charge is 0.550 e. The zero-order valence-electron chi connectivity index (χ0n) is 53.2. The molecule has 4 aliphatic carbocycles. The summed E-state index contributed by atoms with van der Waals surface area (Å²) in [5.41, 5.74) is 0.998. The van der Waals surface area contributed by atoms with Crippen LogP contribution in [0.3, 0.4) is 0 Å². The lowest BCUT2D eigenvalue weighted by atomic mass is 9.79. The van der Waals surface area contributed by atoms with E-state index in [2.05, 4.69) is 208 Å². The quantitative estimate of drug-likeness (QED) is 0.0273. The Balaban J connectivity index is 0.000000180. The lowest BCUT2D eigenvalue weighted by Gasteiger charge is -2.30. The van der Waals surface area contributed by atoms with Crippen molar-refractivity contribution in [2.24, 2.45) is 29.6 Å². The molecule has 16 heteroatoms. The number of carbonyl (C=O) groups is 7. The minimum Gasteiger partial charge on any atom is -0.550 e. The molecule has 5 aliphatic rings. The number of esters is 5. The van der Waals surface area contributed by atoms with Crippen LogP contribution in [0.15, 0.2) is 260 Å². The molecule has 0 amide bonds. The summed E-state index contributed by atoms with van der Waals surface area (Å²) in [6, 6.07) is 64.3. The van der Waals surface area contributed by atoms with Crippen LogP contribution in [0.2, 0.25) is 0 Å². The van der Waals surface area contributed by atoms with E-state index in [9.17, 15) is 43.8 Å². The monoisotopic (exact) mass is 1280 g/mol. The van der Waals surface area contributed by atoms with E-state index < -0.39 is 35.7 Å². The zero-order valence-corrected chi connectivity index (χ0v) is 54.8. The van der Waals surface area contributed by atoms with Crippen LogP contribution in [0.4, 0.5) is 0 Å². The van der Waals surface area contributed by atoms with E-state index in [0.717, 1.165) is 38.5 Å². The van der Waals surface area contributed by atoms with Crippen LogP contribution in [0, 0.1) is 29.6 Å². The summed E-state index contributed by atoms with van der Waals surface area (Å²) in [6.07, 6.45) is 8.15. The highest BCUT2D eigenvalue weighted by Gasteiger charge is 2.63. The summed E-state index contributed by atoms with van der Waals surface area (Å²) < 4.78 is 25.7. The Morgan fingerprint density at radius 2 is 0.859 bits per heavy atom. The number of aliphatic carboxylic acids is 2. The fourth-order valence-corrected chi connectivity index (χ4v) is 15.4. The molecule has 4 saturated carbocycles. The number of carbonyl (C=O) groups excluding carboxylic acids is 7. The summed E-state index contributed by atoms with van der Waals surface area (Å²) in [5, 5.41) is 20.5. The van der Waals surface area contributed by atoms with E-state index in [1.165, 1.54) is 56.1 Å². The molecule has 6 aromatic carbocycles. The smallest absolute Gasteiger partial charge is 0.333 e. The van der Waals surface area contributed by atoms with Crippen molar-refractivity contribution in [1.82, 2.24) is 0 Å². The summed E-state index contributed by atoms with van der Waals surface area (Å²) >= 11 is 0. The van der Waals surface area contributed by atoms with Gasteiger partial charge in [0.15, 0.2) is 29.4 Å². The predicted molar refractivity (Wildman–Crippen MR) is 352 cm³/mol. The van der Waals surface area contributed by atoms with Gasteiger partial charge in [-0.3, -0.25) is 9.59 Å². The number of hydrogen-bond acceptors (Lipinski definition) is 14. The van der Waals surface area contributed by atoms with Crippen LogP contribution in [0.1, 0.15) is 98.8 Å². The van der Waals surface area contributed by atoms with E-state index in [1.807, 2.05) is 6.92 Å².